The SMILES string of the molecule is CCNCC(C)CNCc1scnc1C. The van der Waals surface area contributed by atoms with Gasteiger partial charge in [0.1, 0.15) is 0 Å². The van der Waals surface area contributed by atoms with E-state index in [0.29, 0.717) is 5.92 Å². The molecule has 3 nitrogen and oxygen atoms in total. The summed E-state index contributed by atoms with van der Waals surface area (Å²) in [6.07, 6.45) is 0. The Morgan fingerprint density at radius 2 is 2.13 bits per heavy atom. The summed E-state index contributed by atoms with van der Waals surface area (Å²) in [7, 11) is 0. The Morgan fingerprint density at radius 3 is 2.73 bits per heavy atom. The van der Waals surface area contributed by atoms with E-state index in [4.69, 9.17) is 0 Å². The van der Waals surface area contributed by atoms with E-state index in [0.717, 1.165) is 31.9 Å². The average molecular weight is 227 g/mol. The Hall–Kier alpha value is -0.450. The summed E-state index contributed by atoms with van der Waals surface area (Å²) >= 11 is 1.73. The molecule has 4 heteroatoms. The second-order valence-corrected chi connectivity index (χ2v) is 4.84. The zero-order chi connectivity index (χ0) is 11.1. The minimum atomic E-state index is 0.679. The summed E-state index contributed by atoms with van der Waals surface area (Å²) in [4.78, 5) is 5.58. The molecule has 1 unspecified atom stereocenters. The lowest BCUT2D eigenvalue weighted by Crippen LogP contribution is -2.29. The van der Waals surface area contributed by atoms with Gasteiger partial charge in [-0.1, -0.05) is 13.8 Å². The van der Waals surface area contributed by atoms with Crippen LogP contribution in [0, 0.1) is 12.8 Å². The lowest BCUT2D eigenvalue weighted by Gasteiger charge is -2.12. The molecule has 0 bridgehead atoms. The van der Waals surface area contributed by atoms with E-state index in [-0.39, 0.29) is 0 Å². The third-order valence-electron chi connectivity index (χ3n) is 2.37. The molecule has 1 rings (SSSR count). The van der Waals surface area contributed by atoms with Gasteiger partial charge in [0.2, 0.25) is 0 Å². The minimum Gasteiger partial charge on any atom is -0.317 e. The largest absolute Gasteiger partial charge is 0.317 e. The summed E-state index contributed by atoms with van der Waals surface area (Å²) in [6, 6.07) is 0. The molecule has 1 atom stereocenters. The highest BCUT2D eigenvalue weighted by molar-refractivity contribution is 7.09. The molecule has 0 radical (unpaired) electrons. The highest BCUT2D eigenvalue weighted by atomic mass is 32.1. The molecule has 86 valence electrons. The molecular weight excluding hydrogens is 206 g/mol. The van der Waals surface area contributed by atoms with Crippen molar-refractivity contribution in [3.05, 3.63) is 16.1 Å². The van der Waals surface area contributed by atoms with Gasteiger partial charge < -0.3 is 10.6 Å². The fraction of sp³-hybridized carbons (Fsp3) is 0.727. The predicted molar refractivity (Wildman–Crippen MR) is 66.3 cm³/mol. The van der Waals surface area contributed by atoms with Crippen LogP contribution in [0.2, 0.25) is 0 Å². The molecule has 1 heterocycles. The van der Waals surface area contributed by atoms with Gasteiger partial charge in [-0.25, -0.2) is 4.98 Å². The Bertz CT molecular complexity index is 273. The first-order chi connectivity index (χ1) is 7.24. The van der Waals surface area contributed by atoms with Crippen LogP contribution in [0.3, 0.4) is 0 Å². The summed E-state index contributed by atoms with van der Waals surface area (Å²) in [5.74, 6) is 0.679. The molecule has 0 aliphatic carbocycles. The van der Waals surface area contributed by atoms with Gasteiger partial charge in [-0.3, -0.25) is 0 Å². The average Bonchev–Trinajstić information content (AvgIpc) is 2.61. The van der Waals surface area contributed by atoms with Crippen molar-refractivity contribution >= 4 is 11.3 Å². The van der Waals surface area contributed by atoms with Crippen LogP contribution in [0.4, 0.5) is 0 Å². The lowest BCUT2D eigenvalue weighted by atomic mass is 10.2. The molecule has 0 aliphatic rings. The van der Waals surface area contributed by atoms with E-state index in [1.807, 2.05) is 5.51 Å². The van der Waals surface area contributed by atoms with E-state index >= 15 is 0 Å². The van der Waals surface area contributed by atoms with Crippen LogP contribution >= 0.6 is 11.3 Å². The van der Waals surface area contributed by atoms with Gasteiger partial charge in [-0.15, -0.1) is 11.3 Å². The summed E-state index contributed by atoms with van der Waals surface area (Å²) < 4.78 is 0. The maximum Gasteiger partial charge on any atom is 0.0798 e. The minimum absolute atomic E-state index is 0.679. The second kappa shape index (κ2) is 6.93. The van der Waals surface area contributed by atoms with Crippen molar-refractivity contribution in [1.29, 1.82) is 0 Å². The van der Waals surface area contributed by atoms with Crippen LogP contribution in [-0.2, 0) is 6.54 Å². The van der Waals surface area contributed by atoms with Gasteiger partial charge in [-0.05, 0) is 32.5 Å². The predicted octanol–water partition coefficient (Wildman–Crippen LogP) is 1.79. The van der Waals surface area contributed by atoms with Crippen LogP contribution in [-0.4, -0.2) is 24.6 Å². The first kappa shape index (κ1) is 12.6. The zero-order valence-corrected chi connectivity index (χ0v) is 10.7. The van der Waals surface area contributed by atoms with E-state index in [1.165, 1.54) is 4.88 Å². The molecule has 15 heavy (non-hydrogen) atoms. The quantitative estimate of drug-likeness (QED) is 0.745. The van der Waals surface area contributed by atoms with Crippen LogP contribution in [0.15, 0.2) is 5.51 Å². The third-order valence-corrected chi connectivity index (χ3v) is 3.30. The molecule has 0 saturated heterocycles. The molecule has 2 N–H and O–H groups in total. The molecule has 1 aromatic heterocycles. The van der Waals surface area contributed by atoms with Crippen molar-refractivity contribution in [2.24, 2.45) is 5.92 Å². The van der Waals surface area contributed by atoms with Gasteiger partial charge in [0.25, 0.3) is 0 Å². The lowest BCUT2D eigenvalue weighted by molar-refractivity contribution is 0.480. The van der Waals surface area contributed by atoms with E-state index < -0.39 is 0 Å². The van der Waals surface area contributed by atoms with Gasteiger partial charge in [0, 0.05) is 11.4 Å². The number of nitrogens with one attached hydrogen (secondary N) is 2. The number of hydrogen-bond acceptors (Lipinski definition) is 4. The molecular formula is C11H21N3S. The maximum absolute atomic E-state index is 4.23. The van der Waals surface area contributed by atoms with Crippen molar-refractivity contribution in [3.8, 4) is 0 Å². The smallest absolute Gasteiger partial charge is 0.0798 e. The Balaban J connectivity index is 2.13. The first-order valence-electron chi connectivity index (χ1n) is 5.54. The number of hydrogen-bond donors (Lipinski definition) is 2. The maximum atomic E-state index is 4.23. The molecule has 0 saturated carbocycles. The van der Waals surface area contributed by atoms with E-state index in [1.54, 1.807) is 11.3 Å². The molecule has 0 aliphatic heterocycles. The highest BCUT2D eigenvalue weighted by Gasteiger charge is 2.03. The van der Waals surface area contributed by atoms with Gasteiger partial charge in [-0.2, -0.15) is 0 Å². The monoisotopic (exact) mass is 227 g/mol. The topological polar surface area (TPSA) is 37.0 Å². The van der Waals surface area contributed by atoms with Gasteiger partial charge in [0.15, 0.2) is 0 Å². The fourth-order valence-corrected chi connectivity index (χ4v) is 2.14. The number of nitrogens with zero attached hydrogens (tertiary/aromatic N) is 1. The van der Waals surface area contributed by atoms with Crippen molar-refractivity contribution in [2.75, 3.05) is 19.6 Å². The number of thiazole rings is 1. The van der Waals surface area contributed by atoms with Gasteiger partial charge in [0.05, 0.1) is 11.2 Å². The summed E-state index contributed by atoms with van der Waals surface area (Å²) in [5.41, 5.74) is 3.07. The highest BCUT2D eigenvalue weighted by Crippen LogP contribution is 2.11. The summed E-state index contributed by atoms with van der Waals surface area (Å²) in [6.45, 7) is 10.6. The first-order valence-corrected chi connectivity index (χ1v) is 6.42. The zero-order valence-electron chi connectivity index (χ0n) is 9.84. The normalized spacial score (nSPS) is 13.0. The third kappa shape index (κ3) is 4.73. The molecule has 1 aromatic rings. The Labute approximate surface area is 96.3 Å². The molecule has 0 amide bonds. The van der Waals surface area contributed by atoms with E-state index in [2.05, 4.69) is 36.4 Å². The van der Waals surface area contributed by atoms with Gasteiger partial charge >= 0.3 is 0 Å². The van der Waals surface area contributed by atoms with Crippen LogP contribution < -0.4 is 10.6 Å². The van der Waals surface area contributed by atoms with Crippen LogP contribution in [0.25, 0.3) is 0 Å². The number of aryl methyl sites for hydroxylation is 1. The van der Waals surface area contributed by atoms with Crippen molar-refractivity contribution in [2.45, 2.75) is 27.3 Å². The molecule has 0 aromatic carbocycles. The molecule has 0 fully saturated rings. The molecule has 0 spiro atoms. The second-order valence-electron chi connectivity index (χ2n) is 3.90. The van der Waals surface area contributed by atoms with E-state index in [9.17, 15) is 0 Å². The standard InChI is InChI=1S/C11H21N3S/c1-4-12-5-9(2)6-13-7-11-10(3)14-8-15-11/h8-9,12-13H,4-7H2,1-3H3. The van der Waals surface area contributed by atoms with Crippen LogP contribution in [0.1, 0.15) is 24.4 Å². The fourth-order valence-electron chi connectivity index (χ4n) is 1.39. The Morgan fingerprint density at radius 1 is 1.40 bits per heavy atom. The van der Waals surface area contributed by atoms with Crippen molar-refractivity contribution in [1.82, 2.24) is 15.6 Å². The number of aromatic nitrogens is 1. The van der Waals surface area contributed by atoms with Crippen LogP contribution in [0.5, 0.6) is 0 Å². The number of rotatable bonds is 7. The Kier molecular flexibility index (Phi) is 5.83. The van der Waals surface area contributed by atoms with Crippen molar-refractivity contribution in [3.63, 3.8) is 0 Å². The summed E-state index contributed by atoms with van der Waals surface area (Å²) in [5, 5.41) is 6.82. The van der Waals surface area contributed by atoms with Crippen molar-refractivity contribution < 1.29 is 0 Å².